The highest BCUT2D eigenvalue weighted by atomic mass is 16.5. The molecule has 0 amide bonds. The summed E-state index contributed by atoms with van der Waals surface area (Å²) in [6.07, 6.45) is 8.96. The summed E-state index contributed by atoms with van der Waals surface area (Å²) in [7, 11) is 1.63. The van der Waals surface area contributed by atoms with Crippen LogP contribution in [0.5, 0.6) is 5.75 Å². The first kappa shape index (κ1) is 16.8. The van der Waals surface area contributed by atoms with E-state index in [1.807, 2.05) is 77.5 Å². The number of benzene rings is 2. The molecule has 4 heteroatoms. The number of allylic oxidation sites excluding steroid dienone is 1. The molecule has 0 spiro atoms. The molecule has 0 fully saturated rings. The lowest BCUT2D eigenvalue weighted by atomic mass is 10.1. The van der Waals surface area contributed by atoms with E-state index in [9.17, 15) is 4.79 Å². The van der Waals surface area contributed by atoms with Crippen LogP contribution in [0, 0.1) is 0 Å². The zero-order chi connectivity index (χ0) is 18.6. The van der Waals surface area contributed by atoms with Crippen molar-refractivity contribution in [3.63, 3.8) is 0 Å². The molecule has 4 nitrogen and oxygen atoms in total. The molecular weight excluding hydrogens is 336 g/mol. The Morgan fingerprint density at radius 3 is 2.56 bits per heavy atom. The molecule has 0 aliphatic rings. The molecule has 0 saturated heterocycles. The van der Waals surface area contributed by atoms with Crippen LogP contribution in [-0.4, -0.2) is 22.3 Å². The molecule has 0 radical (unpaired) electrons. The smallest absolute Gasteiger partial charge is 0.188 e. The number of hydrogen-bond acceptors (Lipinski definition) is 3. The fourth-order valence-corrected chi connectivity index (χ4v) is 2.95. The van der Waals surface area contributed by atoms with Crippen molar-refractivity contribution in [3.05, 3.63) is 96.5 Å². The van der Waals surface area contributed by atoms with Gasteiger partial charge in [-0.25, -0.2) is 0 Å². The van der Waals surface area contributed by atoms with Crippen molar-refractivity contribution >= 4 is 17.4 Å². The van der Waals surface area contributed by atoms with Crippen molar-refractivity contribution in [2.24, 2.45) is 0 Å². The van der Waals surface area contributed by atoms with E-state index in [4.69, 9.17) is 4.74 Å². The summed E-state index contributed by atoms with van der Waals surface area (Å²) >= 11 is 0. The summed E-state index contributed by atoms with van der Waals surface area (Å²) in [6, 6.07) is 19.4. The van der Waals surface area contributed by atoms with E-state index in [-0.39, 0.29) is 5.78 Å². The highest BCUT2D eigenvalue weighted by molar-refractivity contribution is 6.11. The Morgan fingerprint density at radius 1 is 1.04 bits per heavy atom. The van der Waals surface area contributed by atoms with Gasteiger partial charge < -0.3 is 9.14 Å². The van der Waals surface area contributed by atoms with Gasteiger partial charge in [0, 0.05) is 23.5 Å². The molecule has 0 aliphatic heterocycles. The molecule has 27 heavy (non-hydrogen) atoms. The van der Waals surface area contributed by atoms with Crippen LogP contribution in [-0.2, 0) is 0 Å². The number of ketones is 1. The minimum Gasteiger partial charge on any atom is -0.497 e. The van der Waals surface area contributed by atoms with E-state index in [2.05, 4.69) is 4.98 Å². The first-order chi connectivity index (χ1) is 13.2. The predicted molar refractivity (Wildman–Crippen MR) is 107 cm³/mol. The molecule has 0 atom stereocenters. The normalized spacial score (nSPS) is 11.1. The summed E-state index contributed by atoms with van der Waals surface area (Å²) < 4.78 is 7.08. The van der Waals surface area contributed by atoms with E-state index in [1.165, 1.54) is 0 Å². The van der Waals surface area contributed by atoms with Crippen molar-refractivity contribution < 1.29 is 9.53 Å². The molecule has 4 aromatic rings. The van der Waals surface area contributed by atoms with E-state index in [0.29, 0.717) is 5.56 Å². The van der Waals surface area contributed by atoms with E-state index in [0.717, 1.165) is 28.1 Å². The van der Waals surface area contributed by atoms with Crippen LogP contribution >= 0.6 is 0 Å². The summed E-state index contributed by atoms with van der Waals surface area (Å²) in [4.78, 5) is 17.1. The van der Waals surface area contributed by atoms with Gasteiger partial charge >= 0.3 is 0 Å². The molecule has 0 N–H and O–H groups in total. The molecule has 2 aromatic carbocycles. The minimum atomic E-state index is -0.0532. The molecule has 0 unspecified atom stereocenters. The number of methoxy groups -OCH3 is 1. The van der Waals surface area contributed by atoms with Crippen LogP contribution in [0.4, 0.5) is 0 Å². The van der Waals surface area contributed by atoms with Gasteiger partial charge in [0.05, 0.1) is 24.5 Å². The number of fused-ring (bicyclic) bond motifs is 1. The Kier molecular flexibility index (Phi) is 4.54. The van der Waals surface area contributed by atoms with Crippen LogP contribution in [0.1, 0.15) is 15.9 Å². The number of rotatable bonds is 5. The Morgan fingerprint density at radius 2 is 1.81 bits per heavy atom. The van der Waals surface area contributed by atoms with Crippen LogP contribution in [0.15, 0.2) is 85.3 Å². The zero-order valence-electron chi connectivity index (χ0n) is 14.9. The molecule has 132 valence electrons. The van der Waals surface area contributed by atoms with Crippen LogP contribution in [0.25, 0.3) is 22.9 Å². The van der Waals surface area contributed by atoms with Crippen LogP contribution < -0.4 is 4.74 Å². The maximum Gasteiger partial charge on any atom is 0.188 e. The Balaban J connectivity index is 1.59. The van der Waals surface area contributed by atoms with Gasteiger partial charge in [-0.3, -0.25) is 9.78 Å². The molecule has 0 bridgehead atoms. The van der Waals surface area contributed by atoms with Crippen molar-refractivity contribution in [1.82, 2.24) is 9.38 Å². The predicted octanol–water partition coefficient (Wildman–Crippen LogP) is 4.91. The summed E-state index contributed by atoms with van der Waals surface area (Å²) in [6.45, 7) is 0. The zero-order valence-corrected chi connectivity index (χ0v) is 14.9. The number of carbonyl (C=O) groups is 1. The fourth-order valence-electron chi connectivity index (χ4n) is 2.95. The van der Waals surface area contributed by atoms with Crippen molar-refractivity contribution in [2.75, 3.05) is 7.11 Å². The highest BCUT2D eigenvalue weighted by Gasteiger charge is 2.10. The Labute approximate surface area is 157 Å². The molecule has 0 saturated carbocycles. The second kappa shape index (κ2) is 7.30. The highest BCUT2D eigenvalue weighted by Crippen LogP contribution is 2.20. The topological polar surface area (TPSA) is 43.6 Å². The van der Waals surface area contributed by atoms with Crippen LogP contribution in [0.3, 0.4) is 0 Å². The van der Waals surface area contributed by atoms with Crippen molar-refractivity contribution in [1.29, 1.82) is 0 Å². The Bertz CT molecular complexity index is 1110. The summed E-state index contributed by atoms with van der Waals surface area (Å²) in [5.41, 5.74) is 4.27. The second-order valence-corrected chi connectivity index (χ2v) is 6.13. The average Bonchev–Trinajstić information content (AvgIpc) is 3.16. The van der Waals surface area contributed by atoms with E-state index in [1.54, 1.807) is 25.5 Å². The number of nitrogens with zero attached hydrogens (tertiary/aromatic N) is 2. The van der Waals surface area contributed by atoms with Gasteiger partial charge in [0.25, 0.3) is 0 Å². The maximum absolute atomic E-state index is 12.6. The van der Waals surface area contributed by atoms with Crippen molar-refractivity contribution in [3.8, 4) is 17.0 Å². The van der Waals surface area contributed by atoms with Crippen LogP contribution in [0.2, 0.25) is 0 Å². The van der Waals surface area contributed by atoms with Gasteiger partial charge in [-0.1, -0.05) is 48.5 Å². The third kappa shape index (κ3) is 3.51. The van der Waals surface area contributed by atoms with Gasteiger partial charge in [-0.05, 0) is 29.8 Å². The van der Waals surface area contributed by atoms with Crippen molar-refractivity contribution in [2.45, 2.75) is 0 Å². The fraction of sp³-hybridized carbons (Fsp3) is 0.0435. The van der Waals surface area contributed by atoms with Gasteiger partial charge in [0.1, 0.15) is 5.75 Å². The first-order valence-electron chi connectivity index (χ1n) is 8.63. The number of carbonyl (C=O) groups excluding carboxylic acids is 1. The molecule has 0 aliphatic carbocycles. The van der Waals surface area contributed by atoms with Gasteiger partial charge in [-0.15, -0.1) is 0 Å². The number of aromatic nitrogens is 2. The number of hydrogen-bond donors (Lipinski definition) is 0. The lowest BCUT2D eigenvalue weighted by molar-refractivity contribution is 0.104. The van der Waals surface area contributed by atoms with E-state index < -0.39 is 0 Å². The van der Waals surface area contributed by atoms with Gasteiger partial charge in [0.15, 0.2) is 5.78 Å². The quantitative estimate of drug-likeness (QED) is 0.378. The molecule has 4 rings (SSSR count). The Hall–Kier alpha value is -3.66. The summed E-state index contributed by atoms with van der Waals surface area (Å²) in [5.74, 6) is 0.736. The monoisotopic (exact) mass is 354 g/mol. The molecular formula is C23H18N2O2. The third-order valence-electron chi connectivity index (χ3n) is 4.42. The first-order valence-corrected chi connectivity index (χ1v) is 8.63. The standard InChI is InChI=1S/C23H18N2O2/c1-27-19-10-7-17(8-11-19)9-12-23(26)20-13-14-25-16-21(24-15-22(20)25)18-5-3-2-4-6-18/h2-16H,1H3/b12-9+. The van der Waals surface area contributed by atoms with Gasteiger partial charge in [-0.2, -0.15) is 0 Å². The third-order valence-corrected chi connectivity index (χ3v) is 4.42. The minimum absolute atomic E-state index is 0.0532. The number of ether oxygens (including phenoxy) is 1. The summed E-state index contributed by atoms with van der Waals surface area (Å²) in [5, 5.41) is 0. The lowest BCUT2D eigenvalue weighted by Crippen LogP contribution is -1.95. The second-order valence-electron chi connectivity index (χ2n) is 6.13. The van der Waals surface area contributed by atoms with E-state index >= 15 is 0 Å². The molecule has 2 aromatic heterocycles. The van der Waals surface area contributed by atoms with Gasteiger partial charge in [0.2, 0.25) is 0 Å². The maximum atomic E-state index is 12.6. The SMILES string of the molecule is COc1ccc(/C=C/C(=O)c2ccn3cc(-c4ccccc4)ncc23)cc1. The largest absolute Gasteiger partial charge is 0.497 e. The average molecular weight is 354 g/mol. The lowest BCUT2D eigenvalue weighted by Gasteiger charge is -2.03. The molecule has 2 heterocycles.